The second kappa shape index (κ2) is 7.34. The summed E-state index contributed by atoms with van der Waals surface area (Å²) in [5.41, 5.74) is 0.931. The van der Waals surface area contributed by atoms with Crippen LogP contribution in [0.5, 0.6) is 5.75 Å². The number of rotatable bonds is 7. The highest BCUT2D eigenvalue weighted by Crippen LogP contribution is 2.17. The summed E-state index contributed by atoms with van der Waals surface area (Å²) in [7, 11) is 3.57. The Bertz CT molecular complexity index is 369. The van der Waals surface area contributed by atoms with Crippen molar-refractivity contribution in [1.82, 2.24) is 10.2 Å². The van der Waals surface area contributed by atoms with Crippen LogP contribution in [0, 0.1) is 5.82 Å². The van der Waals surface area contributed by atoms with Crippen molar-refractivity contribution in [3.05, 3.63) is 29.6 Å². The maximum Gasteiger partial charge on any atom is 0.165 e. The van der Waals surface area contributed by atoms with E-state index in [-0.39, 0.29) is 5.82 Å². The third-order valence-corrected chi connectivity index (χ3v) is 3.07. The minimum Gasteiger partial charge on any atom is -0.494 e. The van der Waals surface area contributed by atoms with E-state index in [1.165, 1.54) is 13.2 Å². The lowest BCUT2D eigenvalue weighted by molar-refractivity contribution is 0.273. The molecule has 0 bridgehead atoms. The van der Waals surface area contributed by atoms with Gasteiger partial charge in [0, 0.05) is 25.7 Å². The molecule has 0 saturated carbocycles. The summed E-state index contributed by atoms with van der Waals surface area (Å²) in [6.45, 7) is 6.88. The lowest BCUT2D eigenvalue weighted by atomic mass is 10.2. The lowest BCUT2D eigenvalue weighted by Crippen LogP contribution is -2.33. The molecule has 0 heterocycles. The van der Waals surface area contributed by atoms with Gasteiger partial charge in [0.2, 0.25) is 0 Å². The van der Waals surface area contributed by atoms with Gasteiger partial charge in [0.05, 0.1) is 7.11 Å². The van der Waals surface area contributed by atoms with Crippen molar-refractivity contribution in [3.8, 4) is 5.75 Å². The zero-order valence-corrected chi connectivity index (χ0v) is 11.7. The minimum atomic E-state index is -0.309. The predicted molar refractivity (Wildman–Crippen MR) is 72.4 cm³/mol. The average molecular weight is 254 g/mol. The SMILES string of the molecule is COc1ccc(CNCCN(C)C(C)C)cc1F. The van der Waals surface area contributed by atoms with Crippen molar-refractivity contribution in [2.75, 3.05) is 27.2 Å². The number of nitrogens with one attached hydrogen (secondary N) is 1. The standard InChI is InChI=1S/C14H23FN2O/c1-11(2)17(3)8-7-16-10-12-5-6-14(18-4)13(15)9-12/h5-6,9,11,16H,7-8,10H2,1-4H3. The molecule has 0 aliphatic heterocycles. The van der Waals surface area contributed by atoms with E-state index in [0.717, 1.165) is 18.7 Å². The van der Waals surface area contributed by atoms with Gasteiger partial charge in [-0.1, -0.05) is 6.07 Å². The number of hydrogen-bond acceptors (Lipinski definition) is 3. The van der Waals surface area contributed by atoms with Crippen LogP contribution in [0.25, 0.3) is 0 Å². The summed E-state index contributed by atoms with van der Waals surface area (Å²) >= 11 is 0. The van der Waals surface area contributed by atoms with E-state index in [1.807, 2.05) is 6.07 Å². The summed E-state index contributed by atoms with van der Waals surface area (Å²) in [6.07, 6.45) is 0. The first-order valence-corrected chi connectivity index (χ1v) is 6.28. The first-order valence-electron chi connectivity index (χ1n) is 6.28. The smallest absolute Gasteiger partial charge is 0.165 e. The fourth-order valence-corrected chi connectivity index (χ4v) is 1.57. The number of ether oxygens (including phenoxy) is 1. The largest absolute Gasteiger partial charge is 0.494 e. The highest BCUT2D eigenvalue weighted by atomic mass is 19.1. The van der Waals surface area contributed by atoms with Crippen LogP contribution in [-0.4, -0.2) is 38.2 Å². The summed E-state index contributed by atoms with van der Waals surface area (Å²) in [5.74, 6) is -0.0191. The molecule has 0 amide bonds. The van der Waals surface area contributed by atoms with E-state index in [4.69, 9.17) is 4.74 Å². The zero-order valence-electron chi connectivity index (χ0n) is 11.7. The summed E-state index contributed by atoms with van der Waals surface area (Å²) in [6, 6.07) is 5.59. The topological polar surface area (TPSA) is 24.5 Å². The van der Waals surface area contributed by atoms with Gasteiger partial charge in [0.1, 0.15) is 0 Å². The van der Waals surface area contributed by atoms with Gasteiger partial charge in [-0.2, -0.15) is 0 Å². The van der Waals surface area contributed by atoms with Gasteiger partial charge >= 0.3 is 0 Å². The molecule has 1 aromatic carbocycles. The van der Waals surface area contributed by atoms with Gasteiger partial charge in [-0.25, -0.2) is 4.39 Å². The van der Waals surface area contributed by atoms with E-state index in [9.17, 15) is 4.39 Å². The molecular weight excluding hydrogens is 231 g/mol. The van der Waals surface area contributed by atoms with Gasteiger partial charge < -0.3 is 15.0 Å². The fourth-order valence-electron chi connectivity index (χ4n) is 1.57. The maximum absolute atomic E-state index is 13.4. The molecule has 1 rings (SSSR count). The Morgan fingerprint density at radius 1 is 1.39 bits per heavy atom. The molecule has 102 valence electrons. The quantitative estimate of drug-likeness (QED) is 0.755. The molecule has 1 aromatic rings. The average Bonchev–Trinajstić information content (AvgIpc) is 2.34. The van der Waals surface area contributed by atoms with Gasteiger partial charge in [0.15, 0.2) is 11.6 Å². The minimum absolute atomic E-state index is 0.290. The summed E-state index contributed by atoms with van der Waals surface area (Å²) < 4.78 is 18.3. The number of likely N-dealkylation sites (N-methyl/N-ethyl adjacent to an activating group) is 1. The number of hydrogen-bond donors (Lipinski definition) is 1. The van der Waals surface area contributed by atoms with E-state index in [0.29, 0.717) is 18.3 Å². The van der Waals surface area contributed by atoms with Crippen LogP contribution in [-0.2, 0) is 6.54 Å². The first kappa shape index (κ1) is 14.9. The van der Waals surface area contributed by atoms with Crippen LogP contribution < -0.4 is 10.1 Å². The molecule has 0 unspecified atom stereocenters. The molecule has 18 heavy (non-hydrogen) atoms. The van der Waals surface area contributed by atoms with Gasteiger partial charge in [-0.05, 0) is 38.6 Å². The Kier molecular flexibility index (Phi) is 6.09. The normalized spacial score (nSPS) is 11.3. The van der Waals surface area contributed by atoms with Crippen LogP contribution in [0.1, 0.15) is 19.4 Å². The monoisotopic (exact) mass is 254 g/mol. The second-order valence-corrected chi connectivity index (χ2v) is 4.72. The van der Waals surface area contributed by atoms with Crippen LogP contribution in [0.2, 0.25) is 0 Å². The fraction of sp³-hybridized carbons (Fsp3) is 0.571. The lowest BCUT2D eigenvalue weighted by Gasteiger charge is -2.20. The second-order valence-electron chi connectivity index (χ2n) is 4.72. The molecule has 0 aliphatic rings. The molecule has 0 atom stereocenters. The predicted octanol–water partition coefficient (Wildman–Crippen LogP) is 2.26. The molecule has 0 spiro atoms. The Morgan fingerprint density at radius 3 is 2.67 bits per heavy atom. The van der Waals surface area contributed by atoms with E-state index >= 15 is 0 Å². The van der Waals surface area contributed by atoms with Crippen molar-refractivity contribution in [3.63, 3.8) is 0 Å². The molecule has 0 radical (unpaired) electrons. The first-order chi connectivity index (χ1) is 8.54. The molecule has 0 fully saturated rings. The van der Waals surface area contributed by atoms with Crippen molar-refractivity contribution in [2.24, 2.45) is 0 Å². The Labute approximate surface area is 109 Å². The maximum atomic E-state index is 13.4. The van der Waals surface area contributed by atoms with Crippen molar-refractivity contribution in [2.45, 2.75) is 26.4 Å². The molecule has 1 N–H and O–H groups in total. The van der Waals surface area contributed by atoms with Crippen LogP contribution in [0.4, 0.5) is 4.39 Å². The Balaban J connectivity index is 2.33. The molecule has 0 aromatic heterocycles. The Morgan fingerprint density at radius 2 is 2.11 bits per heavy atom. The van der Waals surface area contributed by atoms with E-state index < -0.39 is 0 Å². The van der Waals surface area contributed by atoms with Crippen molar-refractivity contribution >= 4 is 0 Å². The molecule has 4 heteroatoms. The van der Waals surface area contributed by atoms with Crippen molar-refractivity contribution in [1.29, 1.82) is 0 Å². The van der Waals surface area contributed by atoms with E-state index in [1.54, 1.807) is 6.07 Å². The van der Waals surface area contributed by atoms with Crippen molar-refractivity contribution < 1.29 is 9.13 Å². The number of halogens is 1. The van der Waals surface area contributed by atoms with Crippen LogP contribution in [0.15, 0.2) is 18.2 Å². The number of benzene rings is 1. The third kappa shape index (κ3) is 4.63. The van der Waals surface area contributed by atoms with Gasteiger partial charge in [-0.15, -0.1) is 0 Å². The number of methoxy groups -OCH3 is 1. The summed E-state index contributed by atoms with van der Waals surface area (Å²) in [5, 5.41) is 3.30. The number of nitrogens with zero attached hydrogens (tertiary/aromatic N) is 1. The van der Waals surface area contributed by atoms with Crippen LogP contribution in [0.3, 0.4) is 0 Å². The van der Waals surface area contributed by atoms with E-state index in [2.05, 4.69) is 31.1 Å². The molecular formula is C14H23FN2O. The molecule has 3 nitrogen and oxygen atoms in total. The van der Waals surface area contributed by atoms with Crippen LogP contribution >= 0.6 is 0 Å². The summed E-state index contributed by atoms with van der Waals surface area (Å²) in [4.78, 5) is 2.27. The highest BCUT2D eigenvalue weighted by Gasteiger charge is 2.04. The third-order valence-electron chi connectivity index (χ3n) is 3.07. The highest BCUT2D eigenvalue weighted by molar-refractivity contribution is 5.29. The van der Waals surface area contributed by atoms with Gasteiger partial charge in [-0.3, -0.25) is 0 Å². The molecule has 0 saturated heterocycles. The van der Waals surface area contributed by atoms with Gasteiger partial charge in [0.25, 0.3) is 0 Å². The zero-order chi connectivity index (χ0) is 13.5. The molecule has 0 aliphatic carbocycles. The Hall–Kier alpha value is -1.13.